The first-order valence-corrected chi connectivity index (χ1v) is 4.75. The summed E-state index contributed by atoms with van der Waals surface area (Å²) < 4.78 is 2.31. The highest BCUT2D eigenvalue weighted by Gasteiger charge is 2.19. The molecule has 1 aromatic rings. The van der Waals surface area contributed by atoms with E-state index in [0.29, 0.717) is 6.04 Å². The van der Waals surface area contributed by atoms with E-state index in [1.807, 2.05) is 0 Å². The van der Waals surface area contributed by atoms with E-state index in [9.17, 15) is 0 Å². The van der Waals surface area contributed by atoms with Gasteiger partial charge >= 0.3 is 0 Å². The van der Waals surface area contributed by atoms with E-state index in [0.717, 1.165) is 18.7 Å². The van der Waals surface area contributed by atoms with Crippen molar-refractivity contribution in [2.45, 2.75) is 45.6 Å². The average Bonchev–Trinajstić information content (AvgIpc) is 2.49. The molecule has 0 spiro atoms. The van der Waals surface area contributed by atoms with Crippen molar-refractivity contribution >= 4 is 0 Å². The number of rotatable bonds is 1. The van der Waals surface area contributed by atoms with Gasteiger partial charge in [-0.25, -0.2) is 0 Å². The maximum absolute atomic E-state index is 4.19. The monoisotopic (exact) mass is 165 g/mol. The normalized spacial score (nSPS) is 22.3. The maximum atomic E-state index is 4.19. The molecule has 0 aliphatic carbocycles. The van der Waals surface area contributed by atoms with Crippen LogP contribution in [-0.2, 0) is 12.8 Å². The third-order valence-corrected chi connectivity index (χ3v) is 2.62. The van der Waals surface area contributed by atoms with E-state index in [2.05, 4.69) is 28.6 Å². The van der Waals surface area contributed by atoms with Crippen molar-refractivity contribution in [3.05, 3.63) is 11.6 Å². The number of aromatic nitrogens is 3. The molecule has 1 unspecified atom stereocenters. The van der Waals surface area contributed by atoms with Crippen LogP contribution in [0.15, 0.2) is 0 Å². The van der Waals surface area contributed by atoms with Gasteiger partial charge in [-0.15, -0.1) is 10.2 Å². The summed E-state index contributed by atoms with van der Waals surface area (Å²) in [5, 5.41) is 8.37. The second-order valence-electron chi connectivity index (χ2n) is 3.50. The lowest BCUT2D eigenvalue weighted by Gasteiger charge is -2.22. The summed E-state index contributed by atoms with van der Waals surface area (Å²) in [6.07, 6.45) is 4.65. The minimum atomic E-state index is 0.610. The second-order valence-corrected chi connectivity index (χ2v) is 3.50. The van der Waals surface area contributed by atoms with Crippen LogP contribution in [0.3, 0.4) is 0 Å². The van der Waals surface area contributed by atoms with E-state index < -0.39 is 0 Å². The molecule has 0 saturated heterocycles. The van der Waals surface area contributed by atoms with Gasteiger partial charge in [0.25, 0.3) is 0 Å². The van der Waals surface area contributed by atoms with E-state index in [1.54, 1.807) is 0 Å². The van der Waals surface area contributed by atoms with Gasteiger partial charge in [-0.3, -0.25) is 0 Å². The first kappa shape index (κ1) is 7.77. The van der Waals surface area contributed by atoms with Gasteiger partial charge in [-0.2, -0.15) is 0 Å². The zero-order chi connectivity index (χ0) is 8.55. The molecular formula is C9H15N3. The lowest BCUT2D eigenvalue weighted by atomic mass is 10.1. The van der Waals surface area contributed by atoms with Gasteiger partial charge in [0.05, 0.1) is 0 Å². The fourth-order valence-corrected chi connectivity index (χ4v) is 1.97. The zero-order valence-electron chi connectivity index (χ0n) is 7.75. The summed E-state index contributed by atoms with van der Waals surface area (Å²) in [7, 11) is 0. The molecule has 2 rings (SSSR count). The van der Waals surface area contributed by atoms with Crippen LogP contribution in [0.1, 0.15) is 44.4 Å². The molecule has 1 aliphatic heterocycles. The van der Waals surface area contributed by atoms with E-state index in [4.69, 9.17) is 0 Å². The highest BCUT2D eigenvalue weighted by atomic mass is 15.3. The second kappa shape index (κ2) is 2.88. The quantitative estimate of drug-likeness (QED) is 0.634. The predicted octanol–water partition coefficient (Wildman–Crippen LogP) is 1.74. The van der Waals surface area contributed by atoms with Gasteiger partial charge in [-0.05, 0) is 19.8 Å². The van der Waals surface area contributed by atoms with Crippen molar-refractivity contribution in [1.82, 2.24) is 14.8 Å². The molecule has 0 fully saturated rings. The van der Waals surface area contributed by atoms with Gasteiger partial charge in [0.1, 0.15) is 11.6 Å². The first-order chi connectivity index (χ1) is 5.83. The van der Waals surface area contributed by atoms with Crippen LogP contribution < -0.4 is 0 Å². The molecule has 0 radical (unpaired) electrons. The number of nitrogens with zero attached hydrogens (tertiary/aromatic N) is 3. The Morgan fingerprint density at radius 1 is 1.50 bits per heavy atom. The number of fused-ring (bicyclic) bond motifs is 1. The van der Waals surface area contributed by atoms with Crippen LogP contribution >= 0.6 is 0 Å². The van der Waals surface area contributed by atoms with Crippen molar-refractivity contribution in [2.75, 3.05) is 0 Å². The highest BCUT2D eigenvalue weighted by Crippen LogP contribution is 2.24. The van der Waals surface area contributed by atoms with Crippen LogP contribution in [0.5, 0.6) is 0 Å². The zero-order valence-corrected chi connectivity index (χ0v) is 7.75. The Labute approximate surface area is 72.8 Å². The summed E-state index contributed by atoms with van der Waals surface area (Å²) in [5.74, 6) is 2.34. The molecule has 0 amide bonds. The summed E-state index contributed by atoms with van der Waals surface area (Å²) >= 11 is 0. The molecule has 1 aromatic heterocycles. The molecule has 0 N–H and O–H groups in total. The van der Waals surface area contributed by atoms with Crippen LogP contribution in [0.4, 0.5) is 0 Å². The molecule has 0 aromatic carbocycles. The Morgan fingerprint density at radius 3 is 3.08 bits per heavy atom. The highest BCUT2D eigenvalue weighted by molar-refractivity contribution is 5.01. The summed E-state index contributed by atoms with van der Waals surface area (Å²) in [6.45, 7) is 4.39. The average molecular weight is 165 g/mol. The van der Waals surface area contributed by atoms with Crippen molar-refractivity contribution < 1.29 is 0 Å². The third kappa shape index (κ3) is 1.04. The fraction of sp³-hybridized carbons (Fsp3) is 0.778. The fourth-order valence-electron chi connectivity index (χ4n) is 1.97. The molecule has 1 atom stereocenters. The van der Waals surface area contributed by atoms with Crippen molar-refractivity contribution in [2.24, 2.45) is 0 Å². The summed E-state index contributed by atoms with van der Waals surface area (Å²) in [4.78, 5) is 0. The molecule has 66 valence electrons. The largest absolute Gasteiger partial charge is 0.312 e. The Kier molecular flexibility index (Phi) is 1.87. The van der Waals surface area contributed by atoms with E-state index in [1.165, 1.54) is 18.7 Å². The van der Waals surface area contributed by atoms with E-state index in [-0.39, 0.29) is 0 Å². The molecule has 12 heavy (non-hydrogen) atoms. The van der Waals surface area contributed by atoms with Gasteiger partial charge in [0.2, 0.25) is 0 Å². The summed E-state index contributed by atoms with van der Waals surface area (Å²) in [6, 6.07) is 0.610. The topological polar surface area (TPSA) is 30.7 Å². The Balaban J connectivity index is 2.43. The van der Waals surface area contributed by atoms with Gasteiger partial charge in [-0.1, -0.05) is 6.92 Å². The minimum absolute atomic E-state index is 0.610. The smallest absolute Gasteiger partial charge is 0.133 e. The number of hydrogen-bond donors (Lipinski definition) is 0. The molecule has 2 heterocycles. The van der Waals surface area contributed by atoms with Crippen molar-refractivity contribution in [3.63, 3.8) is 0 Å². The standard InChI is InChI=1S/C9H15N3/c1-3-8-10-11-9-6-4-5-7(2)12(8)9/h7H,3-6H2,1-2H3. The lowest BCUT2D eigenvalue weighted by Crippen LogP contribution is -2.17. The van der Waals surface area contributed by atoms with Gasteiger partial charge < -0.3 is 4.57 Å². The Bertz CT molecular complexity index is 264. The molecule has 3 nitrogen and oxygen atoms in total. The molecule has 0 saturated carbocycles. The number of hydrogen-bond acceptors (Lipinski definition) is 2. The Morgan fingerprint density at radius 2 is 2.33 bits per heavy atom. The minimum Gasteiger partial charge on any atom is -0.312 e. The number of aryl methyl sites for hydroxylation is 2. The van der Waals surface area contributed by atoms with E-state index >= 15 is 0 Å². The third-order valence-electron chi connectivity index (χ3n) is 2.62. The van der Waals surface area contributed by atoms with Crippen LogP contribution in [-0.4, -0.2) is 14.8 Å². The first-order valence-electron chi connectivity index (χ1n) is 4.75. The predicted molar refractivity (Wildman–Crippen MR) is 47.0 cm³/mol. The Hall–Kier alpha value is -0.860. The van der Waals surface area contributed by atoms with Crippen LogP contribution in [0.25, 0.3) is 0 Å². The SMILES string of the molecule is CCc1nnc2n1C(C)CCC2. The van der Waals surface area contributed by atoms with Crippen LogP contribution in [0, 0.1) is 0 Å². The molecule has 0 bridgehead atoms. The molecule has 3 heteroatoms. The maximum Gasteiger partial charge on any atom is 0.133 e. The van der Waals surface area contributed by atoms with Crippen molar-refractivity contribution in [1.29, 1.82) is 0 Å². The molecule has 1 aliphatic rings. The van der Waals surface area contributed by atoms with Crippen molar-refractivity contribution in [3.8, 4) is 0 Å². The van der Waals surface area contributed by atoms with Gasteiger partial charge in [0.15, 0.2) is 0 Å². The lowest BCUT2D eigenvalue weighted by molar-refractivity contribution is 0.415. The summed E-state index contributed by atoms with van der Waals surface area (Å²) in [5.41, 5.74) is 0. The molecular weight excluding hydrogens is 150 g/mol. The van der Waals surface area contributed by atoms with Crippen LogP contribution in [0.2, 0.25) is 0 Å². The van der Waals surface area contributed by atoms with Gasteiger partial charge in [0, 0.05) is 18.9 Å².